The number of hydrogen-bond acceptors (Lipinski definition) is 3. The Morgan fingerprint density at radius 2 is 1.63 bits per heavy atom. The van der Waals surface area contributed by atoms with E-state index in [-0.39, 0.29) is 24.1 Å². The summed E-state index contributed by atoms with van der Waals surface area (Å²) in [5, 5.41) is 4.51. The first kappa shape index (κ1) is 24.9. The molecule has 2 rings (SSSR count). The first-order chi connectivity index (χ1) is 14.2. The number of benzene rings is 2. The van der Waals surface area contributed by atoms with Crippen LogP contribution in [0.5, 0.6) is 0 Å². The van der Waals surface area contributed by atoms with Gasteiger partial charge in [0.15, 0.2) is 0 Å². The third-order valence-electron chi connectivity index (χ3n) is 4.38. The third kappa shape index (κ3) is 7.69. The molecule has 1 unspecified atom stereocenters. The summed E-state index contributed by atoms with van der Waals surface area (Å²) in [6.07, 6.45) is 0. The molecule has 2 amide bonds. The molecule has 0 saturated carbocycles. The average Bonchev–Trinajstić information content (AvgIpc) is 2.70. The van der Waals surface area contributed by atoms with Gasteiger partial charge >= 0.3 is 0 Å². The highest BCUT2D eigenvalue weighted by Gasteiger charge is 2.26. The van der Waals surface area contributed by atoms with Gasteiger partial charge in [0.2, 0.25) is 11.8 Å². The van der Waals surface area contributed by atoms with Crippen molar-refractivity contribution in [3.63, 3.8) is 0 Å². The molecule has 1 N–H and O–H groups in total. The zero-order valence-electron chi connectivity index (χ0n) is 17.1. The van der Waals surface area contributed by atoms with Crippen LogP contribution in [0, 0.1) is 5.92 Å². The van der Waals surface area contributed by atoms with Crippen LogP contribution in [0.4, 0.5) is 0 Å². The van der Waals surface area contributed by atoms with Crippen LogP contribution in [0.25, 0.3) is 0 Å². The Bertz CT molecular complexity index is 875. The Balaban J connectivity index is 2.16. The van der Waals surface area contributed by atoms with E-state index in [4.69, 9.17) is 34.8 Å². The van der Waals surface area contributed by atoms with Gasteiger partial charge in [0.05, 0.1) is 5.75 Å². The lowest BCUT2D eigenvalue weighted by atomic mass is 10.1. The van der Waals surface area contributed by atoms with Crippen molar-refractivity contribution in [3.8, 4) is 0 Å². The van der Waals surface area contributed by atoms with Crippen molar-refractivity contribution >= 4 is 58.4 Å². The fraction of sp³-hybridized carbons (Fsp3) is 0.364. The molecule has 0 radical (unpaired) electrons. The number of halogens is 3. The van der Waals surface area contributed by atoms with Crippen molar-refractivity contribution in [2.45, 2.75) is 38.3 Å². The minimum atomic E-state index is -0.645. The van der Waals surface area contributed by atoms with Crippen LogP contribution < -0.4 is 5.32 Å². The summed E-state index contributed by atoms with van der Waals surface area (Å²) in [7, 11) is 0. The molecule has 4 nitrogen and oxygen atoms in total. The number of carbonyl (C=O) groups is 2. The lowest BCUT2D eigenvalue weighted by Crippen LogP contribution is -2.48. The highest BCUT2D eigenvalue weighted by atomic mass is 35.5. The van der Waals surface area contributed by atoms with Crippen LogP contribution >= 0.6 is 46.6 Å². The molecule has 0 aliphatic carbocycles. The van der Waals surface area contributed by atoms with E-state index in [2.05, 4.69) is 5.32 Å². The van der Waals surface area contributed by atoms with E-state index in [1.165, 1.54) is 11.8 Å². The Kier molecular flexibility index (Phi) is 9.82. The molecule has 0 aromatic heterocycles. The molecule has 162 valence electrons. The molecule has 0 spiro atoms. The fourth-order valence-corrected chi connectivity index (χ4v) is 4.01. The van der Waals surface area contributed by atoms with Crippen molar-refractivity contribution in [3.05, 3.63) is 63.1 Å². The van der Waals surface area contributed by atoms with Crippen molar-refractivity contribution < 1.29 is 9.59 Å². The summed E-state index contributed by atoms with van der Waals surface area (Å²) >= 11 is 19.6. The van der Waals surface area contributed by atoms with E-state index in [1.807, 2.05) is 26.0 Å². The highest BCUT2D eigenvalue weighted by molar-refractivity contribution is 8.00. The maximum absolute atomic E-state index is 13.1. The van der Waals surface area contributed by atoms with Crippen molar-refractivity contribution in [2.24, 2.45) is 5.92 Å². The molecule has 2 aromatic rings. The van der Waals surface area contributed by atoms with Crippen LogP contribution in [0.2, 0.25) is 15.1 Å². The van der Waals surface area contributed by atoms with Gasteiger partial charge in [0, 0.05) is 33.1 Å². The number of amides is 2. The number of hydrogen-bond donors (Lipinski definition) is 1. The Hall–Kier alpha value is -1.40. The molecule has 0 aliphatic heterocycles. The molecular weight excluding hydrogens is 463 g/mol. The van der Waals surface area contributed by atoms with Gasteiger partial charge in [0.25, 0.3) is 0 Å². The molecule has 0 heterocycles. The van der Waals surface area contributed by atoms with E-state index < -0.39 is 6.04 Å². The number of carbonyl (C=O) groups excluding carboxylic acids is 2. The van der Waals surface area contributed by atoms with E-state index in [9.17, 15) is 9.59 Å². The summed E-state index contributed by atoms with van der Waals surface area (Å²) in [5.74, 6) is 0.150. The SMILES string of the molecule is CC(C)CNC(=O)C(C)N(Cc1ccc(Cl)cc1Cl)C(=O)CSc1ccc(Cl)cc1. The highest BCUT2D eigenvalue weighted by Crippen LogP contribution is 2.25. The van der Waals surface area contributed by atoms with Crippen LogP contribution in [0.1, 0.15) is 26.3 Å². The van der Waals surface area contributed by atoms with E-state index in [0.717, 1.165) is 10.5 Å². The smallest absolute Gasteiger partial charge is 0.242 e. The lowest BCUT2D eigenvalue weighted by molar-refractivity contribution is -0.138. The summed E-state index contributed by atoms with van der Waals surface area (Å²) in [4.78, 5) is 28.2. The van der Waals surface area contributed by atoms with Gasteiger partial charge < -0.3 is 10.2 Å². The first-order valence-electron chi connectivity index (χ1n) is 9.57. The average molecular weight is 488 g/mol. The van der Waals surface area contributed by atoms with Crippen molar-refractivity contribution in [1.82, 2.24) is 10.2 Å². The summed E-state index contributed by atoms with van der Waals surface area (Å²) in [5.41, 5.74) is 0.731. The summed E-state index contributed by atoms with van der Waals surface area (Å²) in [6, 6.07) is 11.8. The number of rotatable bonds is 9. The maximum atomic E-state index is 13.1. The summed E-state index contributed by atoms with van der Waals surface area (Å²) in [6.45, 7) is 6.53. The predicted molar refractivity (Wildman–Crippen MR) is 126 cm³/mol. The Morgan fingerprint density at radius 1 is 1.00 bits per heavy atom. The van der Waals surface area contributed by atoms with Crippen LogP contribution in [-0.4, -0.2) is 35.1 Å². The fourth-order valence-electron chi connectivity index (χ4n) is 2.63. The normalized spacial score (nSPS) is 12.0. The standard InChI is InChI=1S/C22H25Cl3N2O2S/c1-14(2)11-26-22(29)15(3)27(12-16-4-5-18(24)10-20(16)25)21(28)13-30-19-8-6-17(23)7-9-19/h4-10,14-15H,11-13H2,1-3H3,(H,26,29). The van der Waals surface area contributed by atoms with Crippen LogP contribution in [0.15, 0.2) is 47.4 Å². The maximum Gasteiger partial charge on any atom is 0.242 e. The number of nitrogens with zero attached hydrogens (tertiary/aromatic N) is 1. The number of nitrogens with one attached hydrogen (secondary N) is 1. The van der Waals surface area contributed by atoms with Gasteiger partial charge in [-0.25, -0.2) is 0 Å². The van der Waals surface area contributed by atoms with Crippen molar-refractivity contribution in [2.75, 3.05) is 12.3 Å². The molecule has 0 saturated heterocycles. The summed E-state index contributed by atoms with van der Waals surface area (Å²) < 4.78 is 0. The molecule has 0 aliphatic rings. The Labute approximate surface area is 197 Å². The Morgan fingerprint density at radius 3 is 2.23 bits per heavy atom. The van der Waals surface area contributed by atoms with Crippen LogP contribution in [0.3, 0.4) is 0 Å². The second kappa shape index (κ2) is 11.8. The van der Waals surface area contributed by atoms with Crippen LogP contribution in [-0.2, 0) is 16.1 Å². The topological polar surface area (TPSA) is 49.4 Å². The molecule has 2 aromatic carbocycles. The first-order valence-corrected chi connectivity index (χ1v) is 11.7. The molecule has 1 atom stereocenters. The minimum absolute atomic E-state index is 0.159. The molecule has 0 fully saturated rings. The largest absolute Gasteiger partial charge is 0.354 e. The monoisotopic (exact) mass is 486 g/mol. The minimum Gasteiger partial charge on any atom is -0.354 e. The molecule has 30 heavy (non-hydrogen) atoms. The van der Waals surface area contributed by atoms with E-state index in [1.54, 1.807) is 42.2 Å². The second-order valence-corrected chi connectivity index (χ2v) is 9.64. The van der Waals surface area contributed by atoms with Crippen molar-refractivity contribution in [1.29, 1.82) is 0 Å². The zero-order valence-corrected chi connectivity index (χ0v) is 20.2. The zero-order chi connectivity index (χ0) is 22.3. The quantitative estimate of drug-likeness (QED) is 0.446. The molecule has 0 bridgehead atoms. The predicted octanol–water partition coefficient (Wildman–Crippen LogP) is 5.93. The lowest BCUT2D eigenvalue weighted by Gasteiger charge is -2.29. The second-order valence-electron chi connectivity index (χ2n) is 7.31. The van der Waals surface area contributed by atoms with Gasteiger partial charge in [0.1, 0.15) is 6.04 Å². The van der Waals surface area contributed by atoms with Gasteiger partial charge in [-0.2, -0.15) is 0 Å². The molecule has 8 heteroatoms. The van der Waals surface area contributed by atoms with Gasteiger partial charge in [-0.15, -0.1) is 11.8 Å². The van der Waals surface area contributed by atoms with E-state index >= 15 is 0 Å². The van der Waals surface area contributed by atoms with Gasteiger partial charge in [-0.1, -0.05) is 54.7 Å². The number of thioether (sulfide) groups is 1. The third-order valence-corrected chi connectivity index (χ3v) is 6.22. The van der Waals surface area contributed by atoms with Gasteiger partial charge in [-0.3, -0.25) is 9.59 Å². The molecular formula is C22H25Cl3N2O2S. The van der Waals surface area contributed by atoms with Gasteiger partial charge in [-0.05, 0) is 54.8 Å². The van der Waals surface area contributed by atoms with E-state index in [0.29, 0.717) is 27.5 Å².